The highest BCUT2D eigenvalue weighted by Gasteiger charge is 2.05. The zero-order chi connectivity index (χ0) is 16.7. The van der Waals surface area contributed by atoms with Crippen molar-refractivity contribution < 1.29 is 9.59 Å². The van der Waals surface area contributed by atoms with Crippen molar-refractivity contribution in [3.8, 4) is 0 Å². The van der Waals surface area contributed by atoms with Crippen LogP contribution in [-0.4, -0.2) is 16.8 Å². The van der Waals surface area contributed by atoms with Gasteiger partial charge in [0.15, 0.2) is 0 Å². The molecule has 0 radical (unpaired) electrons. The number of nitrogens with zero attached hydrogens (tertiary/aromatic N) is 1. The van der Waals surface area contributed by atoms with Gasteiger partial charge in [0.25, 0.3) is 5.91 Å². The van der Waals surface area contributed by atoms with Gasteiger partial charge in [0, 0.05) is 23.8 Å². The van der Waals surface area contributed by atoms with Crippen LogP contribution in [0.15, 0.2) is 60.9 Å². The van der Waals surface area contributed by atoms with E-state index in [4.69, 9.17) is 0 Å². The third-order valence-corrected chi connectivity index (χ3v) is 2.97. The van der Waals surface area contributed by atoms with Gasteiger partial charge in [-0.15, -0.1) is 0 Å². The lowest BCUT2D eigenvalue weighted by Gasteiger charge is -2.07. The number of allylic oxidation sites excluding steroid dienone is 1. The number of nitrogens with one attached hydrogen (secondary N) is 2. The zero-order valence-electron chi connectivity index (χ0n) is 13.1. The molecular weight excluding hydrogens is 290 g/mol. The van der Waals surface area contributed by atoms with Gasteiger partial charge in [0.1, 0.15) is 0 Å². The molecule has 1 heterocycles. The fourth-order valence-corrected chi connectivity index (χ4v) is 1.80. The van der Waals surface area contributed by atoms with E-state index in [0.29, 0.717) is 22.9 Å². The van der Waals surface area contributed by atoms with Crippen LogP contribution in [0, 0.1) is 5.92 Å². The van der Waals surface area contributed by atoms with E-state index >= 15 is 0 Å². The minimum absolute atomic E-state index is 0.175. The quantitative estimate of drug-likeness (QED) is 0.831. The van der Waals surface area contributed by atoms with Gasteiger partial charge < -0.3 is 10.6 Å². The molecule has 0 unspecified atom stereocenters. The molecule has 0 spiro atoms. The molecule has 5 heteroatoms. The van der Waals surface area contributed by atoms with Crippen LogP contribution in [0.1, 0.15) is 24.2 Å². The summed E-state index contributed by atoms with van der Waals surface area (Å²) in [6, 6.07) is 10.3. The van der Waals surface area contributed by atoms with Crippen molar-refractivity contribution in [1.29, 1.82) is 0 Å². The first kappa shape index (κ1) is 16.4. The zero-order valence-corrected chi connectivity index (χ0v) is 13.1. The number of carbonyl (C=O) groups excluding carboxylic acids is 2. The molecule has 2 amide bonds. The van der Waals surface area contributed by atoms with Crippen molar-refractivity contribution >= 4 is 23.2 Å². The standard InChI is InChI=1S/C18H19N3O2/c1-13(2)5-10-17(22)20-15-6-8-16(9-7-15)21-18(23)14-4-3-11-19-12-14/h3-13H,1-2H3,(H,20,22)(H,21,23)/b10-5+. The Bertz CT molecular complexity index is 692. The first-order valence-electron chi connectivity index (χ1n) is 7.35. The van der Waals surface area contributed by atoms with Gasteiger partial charge >= 0.3 is 0 Å². The van der Waals surface area contributed by atoms with Crippen molar-refractivity contribution in [2.24, 2.45) is 5.92 Å². The lowest BCUT2D eigenvalue weighted by Crippen LogP contribution is -2.12. The Morgan fingerprint density at radius 2 is 1.70 bits per heavy atom. The molecule has 0 aliphatic carbocycles. The van der Waals surface area contributed by atoms with Crippen molar-refractivity contribution in [3.05, 3.63) is 66.5 Å². The van der Waals surface area contributed by atoms with Crippen LogP contribution in [-0.2, 0) is 4.79 Å². The highest BCUT2D eigenvalue weighted by molar-refractivity contribution is 6.04. The van der Waals surface area contributed by atoms with Gasteiger partial charge in [-0.1, -0.05) is 19.9 Å². The summed E-state index contributed by atoms with van der Waals surface area (Å²) >= 11 is 0. The number of hydrogen-bond acceptors (Lipinski definition) is 3. The minimum atomic E-state index is -0.227. The highest BCUT2D eigenvalue weighted by atomic mass is 16.2. The Morgan fingerprint density at radius 3 is 2.26 bits per heavy atom. The van der Waals surface area contributed by atoms with E-state index in [-0.39, 0.29) is 11.8 Å². The highest BCUT2D eigenvalue weighted by Crippen LogP contribution is 2.14. The number of aromatic nitrogens is 1. The van der Waals surface area contributed by atoms with Crippen LogP contribution in [0.2, 0.25) is 0 Å². The molecule has 0 saturated heterocycles. The molecule has 23 heavy (non-hydrogen) atoms. The van der Waals surface area contributed by atoms with Gasteiger partial charge in [-0.2, -0.15) is 0 Å². The molecule has 5 nitrogen and oxygen atoms in total. The lowest BCUT2D eigenvalue weighted by atomic mass is 10.2. The van der Waals surface area contributed by atoms with Gasteiger partial charge in [0.2, 0.25) is 5.91 Å². The summed E-state index contributed by atoms with van der Waals surface area (Å²) in [5.41, 5.74) is 1.81. The van der Waals surface area contributed by atoms with Gasteiger partial charge in [-0.25, -0.2) is 0 Å². The monoisotopic (exact) mass is 309 g/mol. The van der Waals surface area contributed by atoms with Gasteiger partial charge in [-0.3, -0.25) is 14.6 Å². The summed E-state index contributed by atoms with van der Waals surface area (Å²) in [6.07, 6.45) is 6.47. The molecule has 1 aromatic heterocycles. The van der Waals surface area contributed by atoms with Crippen LogP contribution in [0.3, 0.4) is 0 Å². The largest absolute Gasteiger partial charge is 0.323 e. The summed E-state index contributed by atoms with van der Waals surface area (Å²) in [6.45, 7) is 4.01. The predicted octanol–water partition coefficient (Wildman–Crippen LogP) is 3.48. The predicted molar refractivity (Wildman–Crippen MR) is 91.2 cm³/mol. The fourth-order valence-electron chi connectivity index (χ4n) is 1.80. The lowest BCUT2D eigenvalue weighted by molar-refractivity contribution is -0.111. The van der Waals surface area contributed by atoms with Gasteiger partial charge in [-0.05, 0) is 48.4 Å². The van der Waals surface area contributed by atoms with Gasteiger partial charge in [0.05, 0.1) is 5.56 Å². The topological polar surface area (TPSA) is 71.1 Å². The third kappa shape index (κ3) is 5.39. The molecule has 0 aliphatic heterocycles. The van der Waals surface area contributed by atoms with Crippen LogP contribution in [0.5, 0.6) is 0 Å². The molecule has 0 atom stereocenters. The van der Waals surface area contributed by atoms with Crippen LogP contribution < -0.4 is 10.6 Å². The number of benzene rings is 1. The normalized spacial score (nSPS) is 10.7. The van der Waals surface area contributed by atoms with Crippen LogP contribution in [0.25, 0.3) is 0 Å². The number of amides is 2. The van der Waals surface area contributed by atoms with Crippen molar-refractivity contribution in [2.75, 3.05) is 10.6 Å². The molecule has 118 valence electrons. The second-order valence-corrected chi connectivity index (χ2v) is 5.37. The number of anilines is 2. The van der Waals surface area contributed by atoms with E-state index in [0.717, 1.165) is 0 Å². The Kier molecular flexibility index (Phi) is 5.63. The first-order valence-corrected chi connectivity index (χ1v) is 7.35. The summed E-state index contributed by atoms with van der Waals surface area (Å²) < 4.78 is 0. The smallest absolute Gasteiger partial charge is 0.257 e. The Balaban J connectivity index is 1.94. The molecular formula is C18H19N3O2. The fraction of sp³-hybridized carbons (Fsp3) is 0.167. The molecule has 0 bridgehead atoms. The molecule has 0 aliphatic rings. The molecule has 0 saturated carbocycles. The number of pyridine rings is 1. The van der Waals surface area contributed by atoms with Crippen LogP contribution in [0.4, 0.5) is 11.4 Å². The number of rotatable bonds is 5. The van der Waals surface area contributed by atoms with E-state index in [9.17, 15) is 9.59 Å². The second kappa shape index (κ2) is 7.89. The van der Waals surface area contributed by atoms with E-state index in [1.54, 1.807) is 42.6 Å². The summed E-state index contributed by atoms with van der Waals surface area (Å²) in [5.74, 6) is -0.0774. The Morgan fingerprint density at radius 1 is 1.04 bits per heavy atom. The van der Waals surface area contributed by atoms with Crippen molar-refractivity contribution in [3.63, 3.8) is 0 Å². The minimum Gasteiger partial charge on any atom is -0.323 e. The molecule has 0 fully saturated rings. The molecule has 2 N–H and O–H groups in total. The van der Waals surface area contributed by atoms with E-state index in [1.165, 1.54) is 12.3 Å². The number of carbonyl (C=O) groups is 2. The van der Waals surface area contributed by atoms with Crippen molar-refractivity contribution in [1.82, 2.24) is 4.98 Å². The molecule has 2 aromatic rings. The second-order valence-electron chi connectivity index (χ2n) is 5.37. The van der Waals surface area contributed by atoms with Crippen molar-refractivity contribution in [2.45, 2.75) is 13.8 Å². The number of hydrogen-bond donors (Lipinski definition) is 2. The SMILES string of the molecule is CC(C)/C=C/C(=O)Nc1ccc(NC(=O)c2cccnc2)cc1. The van der Waals surface area contributed by atoms with E-state index in [2.05, 4.69) is 15.6 Å². The maximum Gasteiger partial charge on any atom is 0.257 e. The Labute approximate surface area is 135 Å². The van der Waals surface area contributed by atoms with Crippen LogP contribution >= 0.6 is 0 Å². The maximum absolute atomic E-state index is 12.0. The molecule has 1 aromatic carbocycles. The summed E-state index contributed by atoms with van der Waals surface area (Å²) in [5, 5.41) is 5.53. The Hall–Kier alpha value is -2.95. The summed E-state index contributed by atoms with van der Waals surface area (Å²) in [4.78, 5) is 27.6. The average Bonchev–Trinajstić information content (AvgIpc) is 2.55. The van der Waals surface area contributed by atoms with E-state index in [1.807, 2.05) is 19.9 Å². The molecule has 2 rings (SSSR count). The summed E-state index contributed by atoms with van der Waals surface area (Å²) in [7, 11) is 0. The average molecular weight is 309 g/mol. The maximum atomic E-state index is 12.0. The third-order valence-electron chi connectivity index (χ3n) is 2.97. The first-order chi connectivity index (χ1) is 11.0. The van der Waals surface area contributed by atoms with E-state index < -0.39 is 0 Å².